The summed E-state index contributed by atoms with van der Waals surface area (Å²) in [6, 6.07) is 3.38. The second-order valence-electron chi connectivity index (χ2n) is 17.4. The van der Waals surface area contributed by atoms with Crippen molar-refractivity contribution in [2.24, 2.45) is 17.8 Å². The number of sulfonamides is 1. The molecule has 5 aliphatic rings. The van der Waals surface area contributed by atoms with Crippen molar-refractivity contribution < 1.29 is 42.2 Å². The van der Waals surface area contributed by atoms with Crippen LogP contribution in [0.4, 0.5) is 10.5 Å². The maximum Gasteiger partial charge on any atom is 0.408 e. The molecule has 0 bridgehead atoms. The highest BCUT2D eigenvalue weighted by molar-refractivity contribution is 7.91. The number of carboxylic acid groups (broad SMARTS) is 1. The van der Waals surface area contributed by atoms with Gasteiger partial charge in [0.2, 0.25) is 27.7 Å². The highest BCUT2D eigenvalue weighted by Gasteiger charge is 2.62. The molecule has 3 aliphatic heterocycles. The molecule has 2 aliphatic carbocycles. The number of amides is 4. The number of hydrogen-bond donors (Lipinski definition) is 3. The molecule has 3 fully saturated rings. The first-order valence-electron chi connectivity index (χ1n) is 19.7. The summed E-state index contributed by atoms with van der Waals surface area (Å²) in [5.41, 5.74) is -1.58. The lowest BCUT2D eigenvalue weighted by Gasteiger charge is -2.43. The molecule has 2 saturated carbocycles. The van der Waals surface area contributed by atoms with Crippen LogP contribution in [0.5, 0.6) is 11.6 Å². The summed E-state index contributed by atoms with van der Waals surface area (Å²) in [4.78, 5) is 65.7. The Kier molecular flexibility index (Phi) is 10.4. The molecule has 1 aromatic heterocycles. The molecule has 0 radical (unpaired) electrons. The molecule has 1 aromatic carbocycles. The van der Waals surface area contributed by atoms with Crippen LogP contribution in [-0.2, 0) is 24.4 Å². The molecule has 2 aromatic rings. The van der Waals surface area contributed by atoms with Gasteiger partial charge in [-0.3, -0.25) is 24.0 Å². The number of likely N-dealkylation sites (N-methyl/N-ethyl adjacent to an activating group) is 1. The molecule has 15 nitrogen and oxygen atoms in total. The number of nitrogens with zero attached hydrogens (tertiary/aromatic N) is 4. The molecule has 56 heavy (non-hydrogen) atoms. The van der Waals surface area contributed by atoms with Crippen LogP contribution in [-0.4, -0.2) is 113 Å². The molecule has 0 unspecified atom stereocenters. The first kappa shape index (κ1) is 39.6. The average molecular weight is 795 g/mol. The smallest absolute Gasteiger partial charge is 0.408 e. The Morgan fingerprint density at radius 2 is 1.86 bits per heavy atom. The standard InChI is InChI=1S/C40H54N6O9S/c1-23-9-7-8-10-25-21-40(25,37(49)43-56(52,53)27-11-12-27)42-34(47)31-20-26(22-45(31)36(48)32(24(2)19-23)46(38(50)51)39(3,4)5)55-35-29-13-14-30-33(28(29)15-16-41-35)54-18-17-44(30)6/h8,10,13-16,23-27,31-32H,7,9,11-12,17-22H2,1-6H3,(H,42,47)(H,43,49)(H,50,51)/b10-8-/t23-,24-,25-,26-,31+,32+,40-/m1/s1. The third kappa shape index (κ3) is 7.60. The largest absolute Gasteiger partial charge is 0.489 e. The van der Waals surface area contributed by atoms with Gasteiger partial charge >= 0.3 is 6.09 Å². The summed E-state index contributed by atoms with van der Waals surface area (Å²) in [5.74, 6) is -1.77. The van der Waals surface area contributed by atoms with E-state index in [0.717, 1.165) is 24.0 Å². The van der Waals surface area contributed by atoms with Gasteiger partial charge in [-0.1, -0.05) is 26.0 Å². The van der Waals surface area contributed by atoms with Crippen LogP contribution in [0.2, 0.25) is 0 Å². The Balaban J connectivity index is 1.26. The minimum Gasteiger partial charge on any atom is -0.489 e. The number of anilines is 1. The number of hydrogen-bond acceptors (Lipinski definition) is 10. The van der Waals surface area contributed by atoms with E-state index in [2.05, 4.69) is 26.8 Å². The molecule has 1 saturated heterocycles. The zero-order chi connectivity index (χ0) is 40.3. The van der Waals surface area contributed by atoms with Gasteiger partial charge in [0.1, 0.15) is 30.3 Å². The van der Waals surface area contributed by atoms with Gasteiger partial charge in [-0.15, -0.1) is 0 Å². The average Bonchev–Trinajstić information content (AvgIpc) is 4.05. The van der Waals surface area contributed by atoms with Gasteiger partial charge in [0, 0.05) is 41.9 Å². The first-order chi connectivity index (χ1) is 26.4. The van der Waals surface area contributed by atoms with Crippen molar-refractivity contribution in [2.75, 3.05) is 31.6 Å². The highest BCUT2D eigenvalue weighted by Crippen LogP contribution is 2.47. The SMILES string of the molecule is C[C@@H]1CC/C=C\[C@@H]2C[C@@]2(C(=O)NS(=O)(=O)C2CC2)NC(=O)[C@@H]2C[C@@H](Oc3nccc4c5c(ccc34)N(C)CCO5)CN2C(=O)[C@@H](N(C(=O)O)C(C)(C)C)[C@H](C)C1. The van der Waals surface area contributed by atoms with Crippen molar-refractivity contribution in [2.45, 2.75) is 114 Å². The lowest BCUT2D eigenvalue weighted by molar-refractivity contribution is -0.146. The number of benzene rings is 1. The van der Waals surface area contributed by atoms with Crippen molar-refractivity contribution in [1.29, 1.82) is 0 Å². The van der Waals surface area contributed by atoms with E-state index in [-0.39, 0.29) is 31.2 Å². The van der Waals surface area contributed by atoms with Gasteiger partial charge in [-0.2, -0.15) is 0 Å². The maximum atomic E-state index is 15.1. The molecule has 16 heteroatoms. The second kappa shape index (κ2) is 14.7. The number of fused-ring (bicyclic) bond motifs is 5. The summed E-state index contributed by atoms with van der Waals surface area (Å²) >= 11 is 0. The predicted octanol–water partition coefficient (Wildman–Crippen LogP) is 4.05. The topological polar surface area (TPSA) is 188 Å². The van der Waals surface area contributed by atoms with E-state index in [0.29, 0.717) is 43.4 Å². The van der Waals surface area contributed by atoms with Crippen LogP contribution >= 0.6 is 0 Å². The van der Waals surface area contributed by atoms with E-state index >= 15 is 4.79 Å². The Labute approximate surface area is 328 Å². The normalized spacial score (nSPS) is 30.4. The lowest BCUT2D eigenvalue weighted by atomic mass is 9.85. The predicted molar refractivity (Wildman–Crippen MR) is 209 cm³/mol. The van der Waals surface area contributed by atoms with Gasteiger partial charge in [0.25, 0.3) is 5.91 Å². The van der Waals surface area contributed by atoms with Crippen LogP contribution in [0.1, 0.15) is 79.6 Å². The summed E-state index contributed by atoms with van der Waals surface area (Å²) in [5, 5.41) is 14.3. The third-order valence-electron chi connectivity index (χ3n) is 12.0. The fourth-order valence-electron chi connectivity index (χ4n) is 8.76. The van der Waals surface area contributed by atoms with Crippen molar-refractivity contribution >= 4 is 50.3 Å². The summed E-state index contributed by atoms with van der Waals surface area (Å²) in [7, 11) is -1.93. The Morgan fingerprint density at radius 1 is 1.11 bits per heavy atom. The van der Waals surface area contributed by atoms with E-state index in [1.807, 2.05) is 44.3 Å². The number of aromatic nitrogens is 1. The van der Waals surface area contributed by atoms with Crippen LogP contribution in [0.15, 0.2) is 36.5 Å². The molecular formula is C40H54N6O9S. The van der Waals surface area contributed by atoms with Gasteiger partial charge in [0.15, 0.2) is 5.75 Å². The van der Waals surface area contributed by atoms with Gasteiger partial charge < -0.3 is 29.7 Å². The molecule has 7 atom stereocenters. The monoisotopic (exact) mass is 794 g/mol. The van der Waals surface area contributed by atoms with Crippen LogP contribution < -0.4 is 24.4 Å². The second-order valence-corrected chi connectivity index (χ2v) is 19.4. The van der Waals surface area contributed by atoms with Crippen molar-refractivity contribution in [3.63, 3.8) is 0 Å². The number of carbonyl (C=O) groups excluding carboxylic acids is 3. The first-order valence-corrected chi connectivity index (χ1v) is 21.3. The summed E-state index contributed by atoms with van der Waals surface area (Å²) < 4.78 is 40.7. The molecular weight excluding hydrogens is 741 g/mol. The molecule has 3 N–H and O–H groups in total. The Bertz CT molecular complexity index is 2050. The number of nitrogens with one attached hydrogen (secondary N) is 2. The van der Waals surface area contributed by atoms with E-state index in [1.54, 1.807) is 27.0 Å². The van der Waals surface area contributed by atoms with Crippen LogP contribution in [0, 0.1) is 17.8 Å². The maximum absolute atomic E-state index is 15.1. The van der Waals surface area contributed by atoms with Crippen molar-refractivity contribution in [3.05, 3.63) is 36.5 Å². The zero-order valence-electron chi connectivity index (χ0n) is 33.0. The lowest BCUT2D eigenvalue weighted by Crippen LogP contribution is -2.62. The minimum absolute atomic E-state index is 0.0124. The fourth-order valence-corrected chi connectivity index (χ4v) is 10.1. The molecule has 4 amide bonds. The van der Waals surface area contributed by atoms with E-state index in [1.165, 1.54) is 9.80 Å². The Morgan fingerprint density at radius 3 is 2.55 bits per heavy atom. The zero-order valence-corrected chi connectivity index (χ0v) is 33.8. The quantitative estimate of drug-likeness (QED) is 0.358. The third-order valence-corrected chi connectivity index (χ3v) is 13.8. The number of rotatable bonds is 6. The fraction of sp³-hybridized carbons (Fsp3) is 0.625. The molecule has 0 spiro atoms. The van der Waals surface area contributed by atoms with Crippen LogP contribution in [0.25, 0.3) is 10.8 Å². The highest BCUT2D eigenvalue weighted by atomic mass is 32.2. The van der Waals surface area contributed by atoms with Crippen LogP contribution in [0.3, 0.4) is 0 Å². The van der Waals surface area contributed by atoms with E-state index in [4.69, 9.17) is 9.47 Å². The molecule has 304 valence electrons. The molecule has 4 heterocycles. The summed E-state index contributed by atoms with van der Waals surface area (Å²) in [6.07, 6.45) is 6.50. The summed E-state index contributed by atoms with van der Waals surface area (Å²) in [6.45, 7) is 10.4. The number of allylic oxidation sites excluding steroid dienone is 1. The van der Waals surface area contributed by atoms with E-state index in [9.17, 15) is 27.9 Å². The Hall–Kier alpha value is -4.60. The van der Waals surface area contributed by atoms with E-state index < -0.39 is 80.2 Å². The minimum atomic E-state index is -3.92. The number of ether oxygens (including phenoxy) is 2. The van der Waals surface area contributed by atoms with Crippen molar-refractivity contribution in [3.8, 4) is 11.6 Å². The van der Waals surface area contributed by atoms with Crippen molar-refractivity contribution in [1.82, 2.24) is 24.8 Å². The van der Waals surface area contributed by atoms with Gasteiger partial charge in [-0.05, 0) is 89.3 Å². The van der Waals surface area contributed by atoms with Gasteiger partial charge in [-0.25, -0.2) is 18.2 Å². The van der Waals surface area contributed by atoms with Gasteiger partial charge in [0.05, 0.1) is 24.0 Å². The molecule has 7 rings (SSSR count). The number of carbonyl (C=O) groups is 4. The number of pyridine rings is 1.